The summed E-state index contributed by atoms with van der Waals surface area (Å²) in [5, 5.41) is 14.2. The quantitative estimate of drug-likeness (QED) is 0.361. The summed E-state index contributed by atoms with van der Waals surface area (Å²) in [6.07, 6.45) is 1.03. The number of aliphatic imine (C=N–C) groups is 1. The number of nitrogens with zero attached hydrogens (tertiary/aromatic N) is 2. The zero-order valence-corrected chi connectivity index (χ0v) is 16.6. The number of carbonyl (C=O) groups is 2. The Bertz CT molecular complexity index is 874. The van der Waals surface area contributed by atoms with Crippen LogP contribution in [0.25, 0.3) is 0 Å². The van der Waals surface area contributed by atoms with E-state index in [4.69, 9.17) is 5.11 Å². The van der Waals surface area contributed by atoms with Crippen LogP contribution in [0.15, 0.2) is 76.5 Å². The molecule has 2 aromatic rings. The third-order valence-electron chi connectivity index (χ3n) is 3.28. The Morgan fingerprint density at radius 3 is 2.21 bits per heavy atom. The molecule has 0 saturated carbocycles. The summed E-state index contributed by atoms with van der Waals surface area (Å²) in [7, 11) is 1.14. The van der Waals surface area contributed by atoms with E-state index in [1.165, 1.54) is 31.3 Å². The van der Waals surface area contributed by atoms with Crippen LogP contribution in [0.4, 0.5) is 10.1 Å². The lowest BCUT2D eigenvalue weighted by Gasteiger charge is -2.12. The molecule has 0 saturated heterocycles. The van der Waals surface area contributed by atoms with E-state index in [2.05, 4.69) is 10.3 Å². The van der Waals surface area contributed by atoms with Crippen molar-refractivity contribution in [1.29, 1.82) is 0 Å². The van der Waals surface area contributed by atoms with Crippen molar-refractivity contribution in [3.05, 3.63) is 66.6 Å². The van der Waals surface area contributed by atoms with Gasteiger partial charge in [-0.1, -0.05) is 18.2 Å². The van der Waals surface area contributed by atoms with Crippen LogP contribution >= 0.6 is 0 Å². The van der Waals surface area contributed by atoms with E-state index in [0.717, 1.165) is 5.69 Å². The molecule has 1 atom stereocenters. The monoisotopic (exact) mass is 420 g/mol. The molecular weight excluding hydrogens is 399 g/mol. The minimum Gasteiger partial charge on any atom is -0.508 e. The summed E-state index contributed by atoms with van der Waals surface area (Å²) in [6.45, 7) is 0. The number of amides is 2. The maximum atomic E-state index is 13.8. The number of halogens is 1. The SMILES string of the molecule is CN=C(NC=O)/C(F)=C\N(C=O)S(=O)c1ccc(O)cc1.CNc1ccccc1. The molecule has 0 aromatic heterocycles. The summed E-state index contributed by atoms with van der Waals surface area (Å²) in [5.41, 5.74) is 1.16. The first-order chi connectivity index (χ1) is 14.0. The molecule has 1 unspecified atom stereocenters. The van der Waals surface area contributed by atoms with Gasteiger partial charge in [-0.2, -0.15) is 0 Å². The first-order valence-corrected chi connectivity index (χ1v) is 9.29. The highest BCUT2D eigenvalue weighted by molar-refractivity contribution is 7.83. The fourth-order valence-electron chi connectivity index (χ4n) is 1.88. The third kappa shape index (κ3) is 7.93. The van der Waals surface area contributed by atoms with Gasteiger partial charge in [0.2, 0.25) is 12.8 Å². The molecule has 29 heavy (non-hydrogen) atoms. The highest BCUT2D eigenvalue weighted by atomic mass is 32.2. The van der Waals surface area contributed by atoms with Crippen LogP contribution in [-0.4, -0.2) is 46.4 Å². The van der Waals surface area contributed by atoms with Crippen molar-refractivity contribution in [2.45, 2.75) is 4.90 Å². The Hall–Kier alpha value is -3.53. The second kappa shape index (κ2) is 12.8. The predicted octanol–water partition coefficient (Wildman–Crippen LogP) is 2.19. The van der Waals surface area contributed by atoms with Crippen molar-refractivity contribution in [3.63, 3.8) is 0 Å². The molecule has 0 radical (unpaired) electrons. The Labute approximate surface area is 170 Å². The van der Waals surface area contributed by atoms with Gasteiger partial charge in [0.25, 0.3) is 0 Å². The van der Waals surface area contributed by atoms with Crippen LogP contribution in [0.3, 0.4) is 0 Å². The van der Waals surface area contributed by atoms with Crippen molar-refractivity contribution >= 4 is 35.3 Å². The van der Waals surface area contributed by atoms with Gasteiger partial charge in [0.05, 0.1) is 11.1 Å². The van der Waals surface area contributed by atoms with Crippen molar-refractivity contribution in [2.75, 3.05) is 19.4 Å². The molecule has 154 valence electrons. The second-order valence-electron chi connectivity index (χ2n) is 5.14. The summed E-state index contributed by atoms with van der Waals surface area (Å²) >= 11 is 0. The molecule has 0 bridgehead atoms. The summed E-state index contributed by atoms with van der Waals surface area (Å²) < 4.78 is 26.4. The highest BCUT2D eigenvalue weighted by Gasteiger charge is 2.14. The van der Waals surface area contributed by atoms with E-state index in [1.807, 2.05) is 42.7 Å². The van der Waals surface area contributed by atoms with Crippen LogP contribution in [0.5, 0.6) is 5.75 Å². The number of rotatable bonds is 7. The Balaban J connectivity index is 0.000000436. The average Bonchev–Trinajstić information content (AvgIpc) is 2.76. The van der Waals surface area contributed by atoms with Crippen molar-refractivity contribution in [2.24, 2.45) is 4.99 Å². The molecule has 0 heterocycles. The smallest absolute Gasteiger partial charge is 0.225 e. The van der Waals surface area contributed by atoms with E-state index in [9.17, 15) is 18.2 Å². The zero-order valence-electron chi connectivity index (χ0n) is 15.8. The number of carbonyl (C=O) groups excluding carboxylic acids is 2. The number of phenolic OH excluding ortho intramolecular Hbond substituents is 1. The van der Waals surface area contributed by atoms with Crippen LogP contribution < -0.4 is 10.6 Å². The maximum absolute atomic E-state index is 13.8. The normalized spacial score (nSPS) is 12.1. The van der Waals surface area contributed by atoms with Gasteiger partial charge < -0.3 is 15.7 Å². The maximum Gasteiger partial charge on any atom is 0.225 e. The Morgan fingerprint density at radius 2 is 1.76 bits per heavy atom. The molecule has 0 aliphatic carbocycles. The van der Waals surface area contributed by atoms with Gasteiger partial charge in [-0.25, -0.2) is 12.9 Å². The van der Waals surface area contributed by atoms with E-state index in [1.54, 1.807) is 0 Å². The summed E-state index contributed by atoms with van der Waals surface area (Å²) in [4.78, 5) is 24.8. The van der Waals surface area contributed by atoms with Crippen molar-refractivity contribution < 1.29 is 23.3 Å². The van der Waals surface area contributed by atoms with Crippen LogP contribution in [0.1, 0.15) is 0 Å². The van der Waals surface area contributed by atoms with E-state index in [0.29, 0.717) is 10.5 Å². The Kier molecular flexibility index (Phi) is 10.4. The molecule has 2 aromatic carbocycles. The van der Waals surface area contributed by atoms with Crippen molar-refractivity contribution in [3.8, 4) is 5.75 Å². The number of hydrogen-bond donors (Lipinski definition) is 3. The lowest BCUT2D eigenvalue weighted by atomic mass is 10.3. The number of nitrogens with one attached hydrogen (secondary N) is 2. The molecule has 3 N–H and O–H groups in total. The minimum atomic E-state index is -2.01. The largest absolute Gasteiger partial charge is 0.508 e. The molecule has 10 heteroatoms. The average molecular weight is 420 g/mol. The molecule has 0 aliphatic heterocycles. The first-order valence-electron chi connectivity index (χ1n) is 8.18. The van der Waals surface area contributed by atoms with Crippen LogP contribution in [0.2, 0.25) is 0 Å². The number of amidine groups is 1. The second-order valence-corrected chi connectivity index (χ2v) is 6.53. The zero-order chi connectivity index (χ0) is 21.6. The molecule has 2 amide bonds. The third-order valence-corrected chi connectivity index (χ3v) is 4.53. The fourth-order valence-corrected chi connectivity index (χ4v) is 2.75. The topological polar surface area (TPSA) is 111 Å². The number of aromatic hydroxyl groups is 1. The number of hydrogen-bond acceptors (Lipinski definition) is 6. The molecule has 0 aliphatic rings. The minimum absolute atomic E-state index is 0.0364. The van der Waals surface area contributed by atoms with Crippen LogP contribution in [0, 0.1) is 0 Å². The predicted molar refractivity (Wildman–Crippen MR) is 110 cm³/mol. The molecule has 0 fully saturated rings. The van der Waals surface area contributed by atoms with E-state index in [-0.39, 0.29) is 23.5 Å². The van der Waals surface area contributed by atoms with Crippen LogP contribution in [-0.2, 0) is 20.6 Å². The molecule has 0 spiro atoms. The summed E-state index contributed by atoms with van der Waals surface area (Å²) in [5.74, 6) is -1.48. The fraction of sp³-hybridized carbons (Fsp3) is 0.105. The van der Waals surface area contributed by atoms with Gasteiger partial charge in [-0.3, -0.25) is 14.6 Å². The number of benzene rings is 2. The van der Waals surface area contributed by atoms with E-state index >= 15 is 0 Å². The van der Waals surface area contributed by atoms with Gasteiger partial charge in [0.15, 0.2) is 22.6 Å². The number of para-hydroxylation sites is 1. The van der Waals surface area contributed by atoms with Gasteiger partial charge in [0.1, 0.15) is 5.75 Å². The standard InChI is InChI=1S/C12H12FN3O4S.C7H9N/c1-14-12(15-7-17)11(13)6-16(8-18)21(20)10-4-2-9(19)3-5-10;1-8-7-5-3-2-4-6-7/h2-8,19H,1H3,(H,14,15,17);2-6,8H,1H3/b11-6+;. The van der Waals surface area contributed by atoms with Gasteiger partial charge in [0, 0.05) is 19.8 Å². The van der Waals surface area contributed by atoms with Gasteiger partial charge >= 0.3 is 0 Å². The number of phenols is 1. The highest BCUT2D eigenvalue weighted by Crippen LogP contribution is 2.16. The summed E-state index contributed by atoms with van der Waals surface area (Å²) in [6, 6.07) is 15.3. The first kappa shape index (κ1) is 23.5. The molecule has 2 rings (SSSR count). The van der Waals surface area contributed by atoms with Gasteiger partial charge in [-0.05, 0) is 36.4 Å². The van der Waals surface area contributed by atoms with Crippen molar-refractivity contribution in [1.82, 2.24) is 9.62 Å². The molecule has 8 nitrogen and oxygen atoms in total. The lowest BCUT2D eigenvalue weighted by Crippen LogP contribution is -2.25. The number of anilines is 1. The lowest BCUT2D eigenvalue weighted by molar-refractivity contribution is -0.112. The van der Waals surface area contributed by atoms with E-state index < -0.39 is 22.6 Å². The molecular formula is C19H21FN4O4S. The van der Waals surface area contributed by atoms with Gasteiger partial charge in [-0.15, -0.1) is 0 Å². The Morgan fingerprint density at radius 1 is 1.14 bits per heavy atom.